The predicted molar refractivity (Wildman–Crippen MR) is 51.5 cm³/mol. The Morgan fingerprint density at radius 1 is 1.36 bits per heavy atom. The van der Waals surface area contributed by atoms with Gasteiger partial charge in [0.1, 0.15) is 6.61 Å². The minimum absolute atomic E-state index is 0.210. The van der Waals surface area contributed by atoms with Crippen LogP contribution < -0.4 is 0 Å². The fraction of sp³-hybridized carbons (Fsp3) is 1.00. The van der Waals surface area contributed by atoms with E-state index in [0.29, 0.717) is 18.8 Å². The van der Waals surface area contributed by atoms with Crippen molar-refractivity contribution in [2.45, 2.75) is 45.6 Å². The minimum Gasteiger partial charge on any atom is -0.393 e. The monoisotopic (exact) mass is 210 g/mol. The zero-order chi connectivity index (χ0) is 11.0. The Morgan fingerprint density at radius 3 is 2.50 bits per heavy atom. The molecule has 86 valence electrons. The molecule has 4 heteroatoms. The average molecular weight is 210 g/mol. The van der Waals surface area contributed by atoms with Crippen molar-refractivity contribution in [2.75, 3.05) is 13.2 Å². The van der Waals surface area contributed by atoms with Crippen LogP contribution in [0.5, 0.6) is 0 Å². The van der Waals surface area contributed by atoms with Crippen LogP contribution in [0.25, 0.3) is 0 Å². The molecule has 0 spiro atoms. The first-order valence-electron chi connectivity index (χ1n) is 5.10. The van der Waals surface area contributed by atoms with Gasteiger partial charge in [0.25, 0.3) is 6.43 Å². The maximum absolute atomic E-state index is 11.6. The van der Waals surface area contributed by atoms with E-state index in [9.17, 15) is 13.9 Å². The van der Waals surface area contributed by atoms with E-state index in [0.717, 1.165) is 6.42 Å². The summed E-state index contributed by atoms with van der Waals surface area (Å²) < 4.78 is 27.9. The lowest BCUT2D eigenvalue weighted by atomic mass is 10.00. The molecule has 0 heterocycles. The van der Waals surface area contributed by atoms with E-state index in [-0.39, 0.29) is 6.61 Å². The van der Waals surface area contributed by atoms with E-state index in [1.165, 1.54) is 0 Å². The number of rotatable bonds is 8. The molecule has 0 radical (unpaired) electrons. The van der Waals surface area contributed by atoms with Crippen molar-refractivity contribution in [2.24, 2.45) is 5.92 Å². The Balaban J connectivity index is 3.30. The van der Waals surface area contributed by atoms with Crippen molar-refractivity contribution in [3.05, 3.63) is 0 Å². The molecule has 0 aromatic rings. The molecule has 2 atom stereocenters. The van der Waals surface area contributed by atoms with Crippen LogP contribution in [0.4, 0.5) is 8.78 Å². The first-order chi connectivity index (χ1) is 6.56. The van der Waals surface area contributed by atoms with Crippen LogP contribution in [0, 0.1) is 5.92 Å². The van der Waals surface area contributed by atoms with Gasteiger partial charge in [-0.25, -0.2) is 8.78 Å². The standard InChI is InChI=1S/C10H20F2O2/c1-3-8(2)6-9(13)4-5-14-7-10(11)12/h8-10,13H,3-7H2,1-2H3. The zero-order valence-corrected chi connectivity index (χ0v) is 8.88. The maximum Gasteiger partial charge on any atom is 0.261 e. The molecular formula is C10H20F2O2. The third-order valence-electron chi connectivity index (χ3n) is 2.21. The highest BCUT2D eigenvalue weighted by Gasteiger charge is 2.09. The summed E-state index contributed by atoms with van der Waals surface area (Å²) in [4.78, 5) is 0. The van der Waals surface area contributed by atoms with Crippen LogP contribution in [0.3, 0.4) is 0 Å². The highest BCUT2D eigenvalue weighted by Crippen LogP contribution is 2.11. The molecule has 0 bridgehead atoms. The topological polar surface area (TPSA) is 29.5 Å². The first-order valence-corrected chi connectivity index (χ1v) is 5.10. The van der Waals surface area contributed by atoms with Crippen molar-refractivity contribution in [3.63, 3.8) is 0 Å². The van der Waals surface area contributed by atoms with Gasteiger partial charge in [0.15, 0.2) is 0 Å². The van der Waals surface area contributed by atoms with Gasteiger partial charge in [-0.2, -0.15) is 0 Å². The number of alkyl halides is 2. The molecule has 0 aromatic heterocycles. The second kappa shape index (κ2) is 8.12. The smallest absolute Gasteiger partial charge is 0.261 e. The molecule has 14 heavy (non-hydrogen) atoms. The Kier molecular flexibility index (Phi) is 7.99. The summed E-state index contributed by atoms with van der Waals surface area (Å²) in [7, 11) is 0. The third kappa shape index (κ3) is 8.38. The van der Waals surface area contributed by atoms with Gasteiger partial charge < -0.3 is 9.84 Å². The summed E-state index contributed by atoms with van der Waals surface area (Å²) in [5.41, 5.74) is 0. The fourth-order valence-electron chi connectivity index (χ4n) is 1.14. The second-order valence-electron chi connectivity index (χ2n) is 3.66. The molecule has 0 aliphatic carbocycles. The van der Waals surface area contributed by atoms with E-state index in [4.69, 9.17) is 0 Å². The zero-order valence-electron chi connectivity index (χ0n) is 8.88. The number of aliphatic hydroxyl groups is 1. The number of halogens is 2. The number of aliphatic hydroxyl groups excluding tert-OH is 1. The highest BCUT2D eigenvalue weighted by atomic mass is 19.3. The van der Waals surface area contributed by atoms with E-state index in [1.807, 2.05) is 0 Å². The van der Waals surface area contributed by atoms with E-state index < -0.39 is 19.1 Å². The van der Waals surface area contributed by atoms with Gasteiger partial charge in [0.2, 0.25) is 0 Å². The van der Waals surface area contributed by atoms with Gasteiger partial charge in [-0.05, 0) is 18.8 Å². The Labute approximate surface area is 84.3 Å². The van der Waals surface area contributed by atoms with Crippen LogP contribution in [-0.4, -0.2) is 30.8 Å². The third-order valence-corrected chi connectivity index (χ3v) is 2.21. The maximum atomic E-state index is 11.6. The van der Waals surface area contributed by atoms with Crippen molar-refractivity contribution < 1.29 is 18.6 Å². The summed E-state index contributed by atoms with van der Waals surface area (Å²) in [6, 6.07) is 0. The quantitative estimate of drug-likeness (QED) is 0.623. The Bertz CT molecular complexity index is 131. The molecule has 1 N–H and O–H groups in total. The van der Waals surface area contributed by atoms with Crippen molar-refractivity contribution in [1.29, 1.82) is 0 Å². The molecule has 0 rings (SSSR count). The van der Waals surface area contributed by atoms with Gasteiger partial charge in [0, 0.05) is 6.61 Å². The molecule has 2 nitrogen and oxygen atoms in total. The van der Waals surface area contributed by atoms with Crippen LogP contribution >= 0.6 is 0 Å². The Hall–Kier alpha value is -0.220. The Morgan fingerprint density at radius 2 is 2.00 bits per heavy atom. The molecule has 0 aromatic carbocycles. The molecule has 0 saturated heterocycles. The van der Waals surface area contributed by atoms with Crippen LogP contribution in [0.2, 0.25) is 0 Å². The lowest BCUT2D eigenvalue weighted by Gasteiger charge is -2.14. The molecule has 0 fully saturated rings. The molecule has 0 aliphatic rings. The summed E-state index contributed by atoms with van der Waals surface area (Å²) in [6.45, 7) is 3.80. The molecule has 0 saturated carbocycles. The van der Waals surface area contributed by atoms with Gasteiger partial charge in [0.05, 0.1) is 6.10 Å². The normalized spacial score (nSPS) is 15.9. The highest BCUT2D eigenvalue weighted by molar-refractivity contribution is 4.60. The van der Waals surface area contributed by atoms with Crippen LogP contribution in [-0.2, 0) is 4.74 Å². The number of hydrogen-bond donors (Lipinski definition) is 1. The lowest BCUT2D eigenvalue weighted by Crippen LogP contribution is -2.15. The van der Waals surface area contributed by atoms with Crippen molar-refractivity contribution in [3.8, 4) is 0 Å². The SMILES string of the molecule is CCC(C)CC(O)CCOCC(F)F. The number of ether oxygens (including phenoxy) is 1. The first kappa shape index (κ1) is 13.8. The van der Waals surface area contributed by atoms with Gasteiger partial charge >= 0.3 is 0 Å². The van der Waals surface area contributed by atoms with Gasteiger partial charge in [-0.3, -0.25) is 0 Å². The number of hydrogen-bond acceptors (Lipinski definition) is 2. The summed E-state index contributed by atoms with van der Waals surface area (Å²) in [5.74, 6) is 0.472. The largest absolute Gasteiger partial charge is 0.393 e. The summed E-state index contributed by atoms with van der Waals surface area (Å²) in [6.07, 6.45) is -0.662. The van der Waals surface area contributed by atoms with Crippen molar-refractivity contribution >= 4 is 0 Å². The molecule has 0 aliphatic heterocycles. The average Bonchev–Trinajstić information content (AvgIpc) is 2.12. The van der Waals surface area contributed by atoms with Crippen molar-refractivity contribution in [1.82, 2.24) is 0 Å². The molecular weight excluding hydrogens is 190 g/mol. The second-order valence-corrected chi connectivity index (χ2v) is 3.66. The minimum atomic E-state index is -2.42. The molecule has 2 unspecified atom stereocenters. The fourth-order valence-corrected chi connectivity index (χ4v) is 1.14. The molecule has 0 amide bonds. The lowest BCUT2D eigenvalue weighted by molar-refractivity contribution is 0.00270. The van der Waals surface area contributed by atoms with Gasteiger partial charge in [-0.15, -0.1) is 0 Å². The predicted octanol–water partition coefficient (Wildman–Crippen LogP) is 2.46. The summed E-state index contributed by atoms with van der Waals surface area (Å²) in [5, 5.41) is 9.45. The van der Waals surface area contributed by atoms with Gasteiger partial charge in [-0.1, -0.05) is 20.3 Å². The summed E-state index contributed by atoms with van der Waals surface area (Å²) >= 11 is 0. The van der Waals surface area contributed by atoms with Crippen LogP contribution in [0.15, 0.2) is 0 Å². The van der Waals surface area contributed by atoms with Crippen LogP contribution in [0.1, 0.15) is 33.1 Å². The van der Waals surface area contributed by atoms with E-state index in [1.54, 1.807) is 0 Å². The van der Waals surface area contributed by atoms with E-state index in [2.05, 4.69) is 18.6 Å². The van der Waals surface area contributed by atoms with E-state index >= 15 is 0 Å².